The molecule has 3 aromatic heterocycles. The number of ether oxygens (including phenoxy) is 1. The number of hydrogen-bond donors (Lipinski definition) is 2. The third-order valence-electron chi connectivity index (χ3n) is 7.48. The molecule has 5 heterocycles. The zero-order valence-electron chi connectivity index (χ0n) is 22.4. The van der Waals surface area contributed by atoms with Crippen molar-refractivity contribution < 1.29 is 9.53 Å². The highest BCUT2D eigenvalue weighted by Gasteiger charge is 2.28. The number of carbonyl (C=O) groups excluding carboxylic acids is 1. The Kier molecular flexibility index (Phi) is 6.96. The summed E-state index contributed by atoms with van der Waals surface area (Å²) in [7, 11) is 0. The Balaban J connectivity index is 1.03. The summed E-state index contributed by atoms with van der Waals surface area (Å²) in [5.74, 6) is 7.35. The molecule has 0 saturated carbocycles. The van der Waals surface area contributed by atoms with E-state index in [9.17, 15) is 4.79 Å². The Hall–Kier alpha value is -4.46. The smallest absolute Gasteiger partial charge is 0.410 e. The molecule has 2 aromatic carbocycles. The highest BCUT2D eigenvalue weighted by atomic mass is 32.1. The number of nitrogens with one attached hydrogen (secondary N) is 2. The van der Waals surface area contributed by atoms with E-state index >= 15 is 0 Å². The molecular formula is C31H29N7O2S. The van der Waals surface area contributed by atoms with Gasteiger partial charge in [-0.3, -0.25) is 10.00 Å². The number of rotatable bonds is 5. The summed E-state index contributed by atoms with van der Waals surface area (Å²) in [5, 5.41) is 12.5. The van der Waals surface area contributed by atoms with Crippen molar-refractivity contribution in [3.05, 3.63) is 77.6 Å². The molecule has 0 spiro atoms. The van der Waals surface area contributed by atoms with Crippen LogP contribution < -0.4 is 10.6 Å². The number of nitrogens with zero attached hydrogens (tertiary/aromatic N) is 5. The fourth-order valence-corrected chi connectivity index (χ4v) is 6.28. The van der Waals surface area contributed by atoms with E-state index in [2.05, 4.69) is 61.8 Å². The molecule has 9 nitrogen and oxygen atoms in total. The van der Waals surface area contributed by atoms with Crippen LogP contribution in [0.3, 0.4) is 0 Å². The zero-order valence-corrected chi connectivity index (χ0v) is 23.2. The van der Waals surface area contributed by atoms with Gasteiger partial charge in [0.2, 0.25) is 0 Å². The minimum atomic E-state index is -0.203. The van der Waals surface area contributed by atoms with Gasteiger partial charge in [-0.25, -0.2) is 14.8 Å². The highest BCUT2D eigenvalue weighted by molar-refractivity contribution is 7.20. The number of fused-ring (bicyclic) bond motifs is 2. The minimum Gasteiger partial charge on any atom is -0.445 e. The SMILES string of the molecule is O=C(O[C@H]1CN[C@H](C#Cc2cc3ncnc(Nc4ccc5c(cnn5Cc5ccccc5)c4)c3s2)C1)N1CCCC1. The first-order valence-corrected chi connectivity index (χ1v) is 14.7. The van der Waals surface area contributed by atoms with Gasteiger partial charge in [-0.2, -0.15) is 5.10 Å². The lowest BCUT2D eigenvalue weighted by Gasteiger charge is -2.18. The number of hydrogen-bond acceptors (Lipinski definition) is 8. The van der Waals surface area contributed by atoms with E-state index in [1.165, 1.54) is 5.56 Å². The summed E-state index contributed by atoms with van der Waals surface area (Å²) in [6.45, 7) is 2.94. The molecule has 206 valence electrons. The molecule has 7 rings (SSSR count). The second kappa shape index (κ2) is 11.2. The molecular weight excluding hydrogens is 534 g/mol. The first-order chi connectivity index (χ1) is 20.2. The van der Waals surface area contributed by atoms with Crippen LogP contribution in [0.5, 0.6) is 0 Å². The maximum absolute atomic E-state index is 12.3. The van der Waals surface area contributed by atoms with E-state index in [0.717, 1.165) is 70.0 Å². The van der Waals surface area contributed by atoms with E-state index in [0.29, 0.717) is 13.0 Å². The summed E-state index contributed by atoms with van der Waals surface area (Å²) in [5.41, 5.74) is 4.08. The van der Waals surface area contributed by atoms with Crippen LogP contribution in [0.1, 0.15) is 29.7 Å². The molecule has 10 heteroatoms. The minimum absolute atomic E-state index is 0.0187. The number of amides is 1. The van der Waals surface area contributed by atoms with Gasteiger partial charge < -0.3 is 15.0 Å². The molecule has 0 unspecified atom stereocenters. The molecule has 2 atom stereocenters. The molecule has 2 aliphatic rings. The van der Waals surface area contributed by atoms with Crippen molar-refractivity contribution in [3.63, 3.8) is 0 Å². The van der Waals surface area contributed by atoms with Crippen molar-refractivity contribution in [1.29, 1.82) is 0 Å². The Morgan fingerprint density at radius 2 is 2.00 bits per heavy atom. The van der Waals surface area contributed by atoms with E-state index in [-0.39, 0.29) is 18.2 Å². The predicted octanol–water partition coefficient (Wildman–Crippen LogP) is 5.15. The largest absolute Gasteiger partial charge is 0.445 e. The topological polar surface area (TPSA) is 97.2 Å². The van der Waals surface area contributed by atoms with E-state index in [4.69, 9.17) is 4.74 Å². The standard InChI is InChI=1S/C31H29N7O2S/c39-31(37-12-4-5-13-37)40-25-15-23(32-18-25)8-10-26-16-27-29(41-26)30(34-20-33-27)36-24-9-11-28-22(14-24)17-35-38(28)19-21-6-2-1-3-7-21/h1-3,6-7,9,11,14,16-17,20,23,25,32H,4-5,12-13,15,18-19H2,(H,33,34,36)/t23-,25-/m1/s1. The second-order valence-electron chi connectivity index (χ2n) is 10.4. The molecule has 2 saturated heterocycles. The number of benzene rings is 2. The van der Waals surface area contributed by atoms with E-state index in [1.807, 2.05) is 41.2 Å². The van der Waals surface area contributed by atoms with Crippen LogP contribution in [0.25, 0.3) is 21.1 Å². The van der Waals surface area contributed by atoms with Crippen LogP contribution in [-0.4, -0.2) is 62.5 Å². The first kappa shape index (κ1) is 25.5. The summed E-state index contributed by atoms with van der Waals surface area (Å²) in [6.07, 6.45) is 5.92. The number of likely N-dealkylation sites (tertiary alicyclic amines) is 1. The van der Waals surface area contributed by atoms with Crippen LogP contribution in [0, 0.1) is 11.8 Å². The van der Waals surface area contributed by atoms with Gasteiger partial charge in [0.05, 0.1) is 39.4 Å². The van der Waals surface area contributed by atoms with Gasteiger partial charge in [-0.1, -0.05) is 42.2 Å². The third kappa shape index (κ3) is 5.59. The Bertz CT molecular complexity index is 1770. The summed E-state index contributed by atoms with van der Waals surface area (Å²) in [6, 6.07) is 18.5. The molecule has 2 N–H and O–H groups in total. The lowest BCUT2D eigenvalue weighted by molar-refractivity contribution is 0.0763. The van der Waals surface area contributed by atoms with Gasteiger partial charge in [-0.15, -0.1) is 11.3 Å². The zero-order chi connectivity index (χ0) is 27.6. The summed E-state index contributed by atoms with van der Waals surface area (Å²) in [4.78, 5) is 24.0. The van der Waals surface area contributed by atoms with Crippen LogP contribution >= 0.6 is 11.3 Å². The van der Waals surface area contributed by atoms with Crippen molar-refractivity contribution in [2.45, 2.75) is 38.0 Å². The quantitative estimate of drug-likeness (QED) is 0.286. The Morgan fingerprint density at radius 3 is 2.88 bits per heavy atom. The maximum Gasteiger partial charge on any atom is 0.410 e. The molecule has 5 aromatic rings. The number of anilines is 2. The fraction of sp³-hybridized carbons (Fsp3) is 0.290. The lowest BCUT2D eigenvalue weighted by atomic mass is 10.2. The fourth-order valence-electron chi connectivity index (χ4n) is 5.37. The van der Waals surface area contributed by atoms with Crippen molar-refractivity contribution >= 4 is 50.1 Å². The van der Waals surface area contributed by atoms with Gasteiger partial charge in [0.15, 0.2) is 5.82 Å². The first-order valence-electron chi connectivity index (χ1n) is 13.9. The number of aromatic nitrogens is 4. The second-order valence-corrected chi connectivity index (χ2v) is 11.5. The maximum atomic E-state index is 12.3. The Labute approximate surface area is 241 Å². The molecule has 41 heavy (non-hydrogen) atoms. The molecule has 2 fully saturated rings. The molecule has 2 aliphatic heterocycles. The molecule has 0 bridgehead atoms. The van der Waals surface area contributed by atoms with Gasteiger partial charge in [0.1, 0.15) is 12.4 Å². The summed E-state index contributed by atoms with van der Waals surface area (Å²) < 4.78 is 8.65. The number of carbonyl (C=O) groups is 1. The molecule has 1 amide bonds. The lowest BCUT2D eigenvalue weighted by Crippen LogP contribution is -2.32. The predicted molar refractivity (Wildman–Crippen MR) is 160 cm³/mol. The Morgan fingerprint density at radius 1 is 1.12 bits per heavy atom. The van der Waals surface area contributed by atoms with E-state index in [1.54, 1.807) is 22.6 Å². The van der Waals surface area contributed by atoms with Crippen LogP contribution in [0.4, 0.5) is 16.3 Å². The van der Waals surface area contributed by atoms with Gasteiger partial charge in [0, 0.05) is 37.1 Å². The van der Waals surface area contributed by atoms with Crippen molar-refractivity contribution in [2.75, 3.05) is 25.0 Å². The van der Waals surface area contributed by atoms with Crippen molar-refractivity contribution in [1.82, 2.24) is 30.0 Å². The average Bonchev–Trinajstić information content (AvgIpc) is 3.80. The van der Waals surface area contributed by atoms with Gasteiger partial charge in [-0.05, 0) is 42.7 Å². The average molecular weight is 564 g/mol. The number of thiophene rings is 1. The monoisotopic (exact) mass is 563 g/mol. The van der Waals surface area contributed by atoms with Gasteiger partial charge in [0.25, 0.3) is 0 Å². The molecule has 0 aliphatic carbocycles. The van der Waals surface area contributed by atoms with Gasteiger partial charge >= 0.3 is 6.09 Å². The molecule has 0 radical (unpaired) electrons. The van der Waals surface area contributed by atoms with Crippen LogP contribution in [0.15, 0.2) is 67.1 Å². The van der Waals surface area contributed by atoms with Crippen LogP contribution in [0.2, 0.25) is 0 Å². The van der Waals surface area contributed by atoms with Crippen molar-refractivity contribution in [3.8, 4) is 11.8 Å². The third-order valence-corrected chi connectivity index (χ3v) is 8.53. The summed E-state index contributed by atoms with van der Waals surface area (Å²) >= 11 is 1.57. The van der Waals surface area contributed by atoms with Crippen LogP contribution in [-0.2, 0) is 11.3 Å². The van der Waals surface area contributed by atoms with Crippen molar-refractivity contribution in [2.24, 2.45) is 0 Å². The normalized spacial score (nSPS) is 18.5. The highest BCUT2D eigenvalue weighted by Crippen LogP contribution is 2.31. The van der Waals surface area contributed by atoms with E-state index < -0.39 is 0 Å².